The van der Waals surface area contributed by atoms with E-state index < -0.39 is 0 Å². The molecule has 0 aromatic heterocycles. The van der Waals surface area contributed by atoms with Crippen LogP contribution in [-0.4, -0.2) is 0 Å². The molecule has 0 aliphatic heterocycles. The molecule has 0 saturated carbocycles. The Morgan fingerprint density at radius 3 is 0.880 bits per heavy atom. The Labute approximate surface area is 803 Å². The largest absolute Gasteiger partial charge is 0.0654 e. The summed E-state index contributed by atoms with van der Waals surface area (Å²) < 4.78 is 0. The smallest absolute Gasteiger partial charge is 0.0162 e. The minimum Gasteiger partial charge on any atom is -0.0654 e. The van der Waals surface area contributed by atoms with Gasteiger partial charge in [0.05, 0.1) is 0 Å². The van der Waals surface area contributed by atoms with Gasteiger partial charge < -0.3 is 0 Å². The van der Waals surface area contributed by atoms with Crippen LogP contribution in [0, 0.1) is 120 Å². The molecular formula is C125H260. The van der Waals surface area contributed by atoms with Crippen molar-refractivity contribution in [3.8, 4) is 0 Å². The average molecular weight is 1760 g/mol. The molecule has 11 atom stereocenters. The van der Waals surface area contributed by atoms with Crippen molar-refractivity contribution in [2.45, 2.75) is 653 Å². The van der Waals surface area contributed by atoms with Gasteiger partial charge in [0, 0.05) is 0 Å². The van der Waals surface area contributed by atoms with Crippen LogP contribution in [0.3, 0.4) is 0 Å². The van der Waals surface area contributed by atoms with Gasteiger partial charge >= 0.3 is 0 Å². The summed E-state index contributed by atoms with van der Waals surface area (Å²) in [6.45, 7) is 112. The van der Waals surface area contributed by atoms with E-state index in [1.807, 2.05) is 0 Å². The quantitative estimate of drug-likeness (QED) is 0.0570. The van der Waals surface area contributed by atoms with E-state index in [0.717, 1.165) is 76.9 Å². The number of hydrogen-bond acceptors (Lipinski definition) is 0. The maximum atomic E-state index is 2.43. The Morgan fingerprint density at radius 2 is 0.504 bits per heavy atom. The lowest BCUT2D eigenvalue weighted by atomic mass is 9.73. The molecule has 0 heteroatoms. The molecule has 0 spiro atoms. The first kappa shape index (κ1) is 140. The second-order valence-electron chi connectivity index (χ2n) is 53.9. The SMILES string of the molecule is CC(C)CCCCCCC(C)(C)C.CCC(C)CC(C)CCCC(C)(C)C.CCC(C)CCCCCC(C)(C)C.CCC(CC)CC(C)CCCC(C)(C)C.CCCC(C)C(C)CCCC(C)(C)C.CCCC(C)CCCCC(C)(C)C.CCCCC(C)C(C)C(C)(C)C.CCCCC(C)CCCC(C)(C)C.CCCCCC(CCC(C)(C)C)c1ccccc1. The van der Waals surface area contributed by atoms with Crippen molar-refractivity contribution in [3.63, 3.8) is 0 Å². The Kier molecular flexibility index (Phi) is 92.3. The molecule has 1 aromatic carbocycles. The van der Waals surface area contributed by atoms with Gasteiger partial charge in [-0.25, -0.2) is 0 Å². The van der Waals surface area contributed by atoms with Crippen LogP contribution < -0.4 is 0 Å². The van der Waals surface area contributed by atoms with Crippen molar-refractivity contribution in [1.82, 2.24) is 0 Å². The van der Waals surface area contributed by atoms with E-state index in [0.29, 0.717) is 48.7 Å². The van der Waals surface area contributed by atoms with E-state index in [1.54, 1.807) is 0 Å². The highest BCUT2D eigenvalue weighted by atomic mass is 14.3. The van der Waals surface area contributed by atoms with Crippen molar-refractivity contribution < 1.29 is 0 Å². The van der Waals surface area contributed by atoms with Crippen LogP contribution in [0.25, 0.3) is 0 Å². The van der Waals surface area contributed by atoms with E-state index in [-0.39, 0.29) is 0 Å². The number of unbranched alkanes of at least 4 members (excludes halogenated alkanes) is 10. The van der Waals surface area contributed by atoms with Gasteiger partial charge in [-0.2, -0.15) is 0 Å². The predicted molar refractivity (Wildman–Crippen MR) is 592 cm³/mol. The molecule has 1 aromatic rings. The monoisotopic (exact) mass is 1760 g/mol. The molecule has 0 saturated heterocycles. The zero-order valence-electron chi connectivity index (χ0n) is 98.0. The fraction of sp³-hybridized carbons (Fsp3) is 0.952. The zero-order valence-corrected chi connectivity index (χ0v) is 98.0. The lowest BCUT2D eigenvalue weighted by Crippen LogP contribution is -2.23. The molecule has 0 nitrogen and oxygen atoms in total. The van der Waals surface area contributed by atoms with Gasteiger partial charge in [0.1, 0.15) is 0 Å². The standard InChI is InChI=1S/C18H30.C15H32.2C14H30.4C13H28.C12H26/c1-5-6-8-11-17(14-15-18(2,3)4)16-12-9-7-10-13-16;1-7-14(8-2)12-13(3)10-9-11-15(4,5)6;1-7-12(2)11-13(3)9-8-10-14(4,5)6;1-7-9-12(2)13(3)10-8-11-14(4,5)6;1-12(2)10-8-6-7-9-11-13(3,4)5;1-6-12(2)10-8-7-9-11-13(3,4)5;1-6-9-12(2)10-7-8-11-13(3,4)5;1-6-7-9-12(2)10-8-11-13(3,4)5;1-7-8-9-10(2)11(3)12(4,5)6/h7,9-10,12-13,17H,5-6,8,11,14-15H2,1-4H3;13-14H,7-12H2,1-6H3;2*12-13H,7-11H2,1-6H3;4*12H,6-11H2,1-5H3;10-11H,7-9H2,1-6H3. The Hall–Kier alpha value is -0.780. The average Bonchev–Trinajstić information content (AvgIpc) is 0.888. The summed E-state index contributed by atoms with van der Waals surface area (Å²) in [4.78, 5) is 0. The summed E-state index contributed by atoms with van der Waals surface area (Å²) in [5.74, 6) is 11.8. The van der Waals surface area contributed by atoms with Crippen LogP contribution in [0.4, 0.5) is 0 Å². The molecular weight excluding hydrogens is 1500 g/mol. The molecule has 0 heterocycles. The third kappa shape index (κ3) is 123. The van der Waals surface area contributed by atoms with E-state index >= 15 is 0 Å². The normalized spacial score (nSPS) is 15.0. The summed E-state index contributed by atoms with van der Waals surface area (Å²) in [7, 11) is 0. The van der Waals surface area contributed by atoms with E-state index in [9.17, 15) is 0 Å². The van der Waals surface area contributed by atoms with Gasteiger partial charge in [-0.05, 0) is 208 Å². The van der Waals surface area contributed by atoms with Gasteiger partial charge in [0.25, 0.3) is 0 Å². The second kappa shape index (κ2) is 82.7. The molecule has 1 rings (SSSR count). The van der Waals surface area contributed by atoms with Crippen molar-refractivity contribution in [1.29, 1.82) is 0 Å². The maximum Gasteiger partial charge on any atom is -0.0162 e. The van der Waals surface area contributed by atoms with Gasteiger partial charge in [0.15, 0.2) is 0 Å². The van der Waals surface area contributed by atoms with E-state index in [1.165, 1.54) is 320 Å². The molecule has 0 aliphatic carbocycles. The minimum absolute atomic E-state index is 0.456. The van der Waals surface area contributed by atoms with Crippen LogP contribution in [0.15, 0.2) is 30.3 Å². The molecule has 760 valence electrons. The van der Waals surface area contributed by atoms with Crippen LogP contribution in [0.1, 0.15) is 658 Å². The summed E-state index contributed by atoms with van der Waals surface area (Å²) >= 11 is 0. The fourth-order valence-electron chi connectivity index (χ4n) is 16.9. The van der Waals surface area contributed by atoms with Crippen molar-refractivity contribution in [2.75, 3.05) is 0 Å². The highest BCUT2D eigenvalue weighted by Crippen LogP contribution is 2.37. The van der Waals surface area contributed by atoms with Crippen molar-refractivity contribution >= 4 is 0 Å². The molecule has 0 radical (unpaired) electrons. The first-order valence-electron chi connectivity index (χ1n) is 56.3. The van der Waals surface area contributed by atoms with Crippen molar-refractivity contribution in [2.24, 2.45) is 120 Å². The second-order valence-corrected chi connectivity index (χ2v) is 53.9. The van der Waals surface area contributed by atoms with Crippen LogP contribution in [0.2, 0.25) is 0 Å². The highest BCUT2D eigenvalue weighted by Gasteiger charge is 2.26. The molecule has 0 amide bonds. The first-order chi connectivity index (χ1) is 57.3. The van der Waals surface area contributed by atoms with Crippen LogP contribution in [0.5, 0.6) is 0 Å². The van der Waals surface area contributed by atoms with Gasteiger partial charge in [-0.15, -0.1) is 0 Å². The number of hydrogen-bond donors (Lipinski definition) is 0. The zero-order chi connectivity index (χ0) is 98.8. The number of rotatable bonds is 54. The first-order valence-corrected chi connectivity index (χ1v) is 56.3. The maximum absolute atomic E-state index is 2.43. The third-order valence-corrected chi connectivity index (χ3v) is 27.5. The summed E-state index contributed by atoms with van der Waals surface area (Å²) in [5, 5.41) is 0. The van der Waals surface area contributed by atoms with Gasteiger partial charge in [0.2, 0.25) is 0 Å². The topological polar surface area (TPSA) is 0 Å². The van der Waals surface area contributed by atoms with Crippen molar-refractivity contribution in [3.05, 3.63) is 35.9 Å². The molecule has 0 fully saturated rings. The fourth-order valence-corrected chi connectivity index (χ4v) is 16.9. The Morgan fingerprint density at radius 1 is 0.208 bits per heavy atom. The van der Waals surface area contributed by atoms with Gasteiger partial charge in [-0.3, -0.25) is 0 Å². The summed E-state index contributed by atoms with van der Waals surface area (Å²) in [5.41, 5.74) is 6.19. The molecule has 0 bridgehead atoms. The Balaban J connectivity index is -0.000000206. The van der Waals surface area contributed by atoms with Crippen LogP contribution in [-0.2, 0) is 0 Å². The lowest BCUT2D eigenvalue weighted by molar-refractivity contribution is 0.178. The molecule has 11 unspecified atom stereocenters. The molecule has 0 aliphatic rings. The molecule has 125 heavy (non-hydrogen) atoms. The minimum atomic E-state index is 0.456. The highest BCUT2D eigenvalue weighted by molar-refractivity contribution is 5.19. The van der Waals surface area contributed by atoms with Crippen LogP contribution >= 0.6 is 0 Å². The summed E-state index contributed by atoms with van der Waals surface area (Å²) in [6, 6.07) is 11.1. The molecule has 0 N–H and O–H groups in total. The number of benzene rings is 1. The summed E-state index contributed by atoms with van der Waals surface area (Å²) in [6.07, 6.45) is 68.2. The lowest BCUT2D eigenvalue weighted by Gasteiger charge is -2.32. The third-order valence-electron chi connectivity index (χ3n) is 27.5. The Bertz CT molecular complexity index is 2240. The van der Waals surface area contributed by atoms with E-state index in [2.05, 4.69) is 363 Å². The van der Waals surface area contributed by atoms with Gasteiger partial charge in [-0.1, -0.05) is 600 Å². The predicted octanol–water partition coefficient (Wildman–Crippen LogP) is 47.0. The van der Waals surface area contributed by atoms with E-state index in [4.69, 9.17) is 0 Å².